The van der Waals surface area contributed by atoms with E-state index in [1.165, 1.54) is 3.61 Å². The fourth-order valence-electron chi connectivity index (χ4n) is 0.476. The quantitative estimate of drug-likeness (QED) is 0.642. The standard InChI is InChI=1S/C6H5SeTe/c7-8-6-4-2-1-3-5-6/h1-5H. The zero-order valence-corrected chi connectivity index (χ0v) is 8.25. The molecule has 0 N–H and O–H groups in total. The topological polar surface area (TPSA) is 0 Å². The summed E-state index contributed by atoms with van der Waals surface area (Å²) in [6, 6.07) is 10.5. The number of rotatable bonds is 1. The second-order valence-corrected chi connectivity index (χ2v) is 5.56. The Bertz CT molecular complexity index is 150. The van der Waals surface area contributed by atoms with Gasteiger partial charge in [-0.3, -0.25) is 0 Å². The van der Waals surface area contributed by atoms with E-state index < -0.39 is 0 Å². The molecule has 1 aromatic carbocycles. The first-order valence-electron chi connectivity index (χ1n) is 2.28. The van der Waals surface area contributed by atoms with E-state index in [2.05, 4.69) is 37.1 Å². The summed E-state index contributed by atoms with van der Waals surface area (Å²) >= 11 is 3.12. The van der Waals surface area contributed by atoms with Gasteiger partial charge in [-0.2, -0.15) is 0 Å². The van der Waals surface area contributed by atoms with Crippen LogP contribution in [0.1, 0.15) is 0 Å². The van der Waals surface area contributed by atoms with Crippen molar-refractivity contribution in [1.29, 1.82) is 0 Å². The van der Waals surface area contributed by atoms with Crippen LogP contribution >= 0.6 is 0 Å². The molecule has 1 aromatic rings. The fourth-order valence-corrected chi connectivity index (χ4v) is 2.81. The Kier molecular flexibility index (Phi) is 2.94. The second-order valence-electron chi connectivity index (χ2n) is 1.40. The van der Waals surface area contributed by atoms with Gasteiger partial charge >= 0.3 is 65.5 Å². The van der Waals surface area contributed by atoms with Crippen molar-refractivity contribution >= 4 is 35.1 Å². The molecule has 0 nitrogen and oxygen atoms in total. The number of hydrogen-bond donors (Lipinski definition) is 0. The van der Waals surface area contributed by atoms with E-state index in [1.807, 2.05) is 6.07 Å². The van der Waals surface area contributed by atoms with Gasteiger partial charge in [0, 0.05) is 0 Å². The first-order valence-corrected chi connectivity index (χ1v) is 9.09. The predicted octanol–water partition coefficient (Wildman–Crippen LogP) is 0.0996. The molecule has 1 rings (SSSR count). The molecule has 0 aliphatic heterocycles. The summed E-state index contributed by atoms with van der Waals surface area (Å²) in [5.74, 6) is 0. The van der Waals surface area contributed by atoms with Gasteiger partial charge in [0.25, 0.3) is 0 Å². The summed E-state index contributed by atoms with van der Waals surface area (Å²) < 4.78 is 1.48. The van der Waals surface area contributed by atoms with Crippen molar-refractivity contribution in [3.63, 3.8) is 0 Å². The van der Waals surface area contributed by atoms with Gasteiger partial charge in [-0.15, -0.1) is 0 Å². The molecule has 0 fully saturated rings. The van der Waals surface area contributed by atoms with Crippen LogP contribution in [0, 0.1) is 0 Å². The minimum absolute atomic E-state index is 0.0334. The van der Waals surface area contributed by atoms with Crippen LogP contribution in [0.25, 0.3) is 0 Å². The Labute approximate surface area is 65.2 Å². The average molecular weight is 284 g/mol. The van der Waals surface area contributed by atoms with E-state index >= 15 is 0 Å². The van der Waals surface area contributed by atoms with Crippen molar-refractivity contribution in [3.05, 3.63) is 30.3 Å². The summed E-state index contributed by atoms with van der Waals surface area (Å²) in [6.45, 7) is 0. The molecule has 0 saturated heterocycles. The zero-order chi connectivity index (χ0) is 5.82. The molecule has 0 aromatic heterocycles. The van der Waals surface area contributed by atoms with E-state index in [-0.39, 0.29) is 18.7 Å². The zero-order valence-electron chi connectivity index (χ0n) is 4.20. The monoisotopic (exact) mass is 287 g/mol. The van der Waals surface area contributed by atoms with E-state index in [0.29, 0.717) is 0 Å². The summed E-state index contributed by atoms with van der Waals surface area (Å²) in [5.41, 5.74) is 0. The van der Waals surface area contributed by atoms with Gasteiger partial charge in [-0.05, 0) is 0 Å². The van der Waals surface area contributed by atoms with E-state index in [9.17, 15) is 0 Å². The van der Waals surface area contributed by atoms with E-state index in [1.54, 1.807) is 0 Å². The molecule has 0 heterocycles. The van der Waals surface area contributed by atoms with Gasteiger partial charge < -0.3 is 0 Å². The molecular formula is C6H5SeTe. The third kappa shape index (κ3) is 1.80. The van der Waals surface area contributed by atoms with Crippen LogP contribution in [0.2, 0.25) is 0 Å². The van der Waals surface area contributed by atoms with Crippen molar-refractivity contribution in [1.82, 2.24) is 0 Å². The van der Waals surface area contributed by atoms with Crippen molar-refractivity contribution in [3.8, 4) is 0 Å². The summed E-state index contributed by atoms with van der Waals surface area (Å²) in [6.07, 6.45) is 0. The maximum atomic E-state index is 3.09. The Hall–Kier alpha value is 0.529. The van der Waals surface area contributed by atoms with Gasteiger partial charge in [0.05, 0.1) is 0 Å². The Balaban J connectivity index is 2.83. The van der Waals surface area contributed by atoms with Crippen molar-refractivity contribution in [2.45, 2.75) is 0 Å². The molecule has 0 aliphatic rings. The average Bonchev–Trinajstić information content (AvgIpc) is 1.90. The van der Waals surface area contributed by atoms with Gasteiger partial charge in [0.1, 0.15) is 0 Å². The normalized spacial score (nSPS) is 9.12. The first-order chi connectivity index (χ1) is 3.93. The number of hydrogen-bond acceptors (Lipinski definition) is 0. The van der Waals surface area contributed by atoms with Crippen molar-refractivity contribution in [2.75, 3.05) is 0 Å². The van der Waals surface area contributed by atoms with Crippen LogP contribution in [0.5, 0.6) is 0 Å². The molecule has 8 heavy (non-hydrogen) atoms. The van der Waals surface area contributed by atoms with Crippen LogP contribution in [0.4, 0.5) is 0 Å². The van der Waals surface area contributed by atoms with Crippen LogP contribution < -0.4 is 3.61 Å². The first kappa shape index (κ1) is 6.65. The van der Waals surface area contributed by atoms with Gasteiger partial charge in [0.2, 0.25) is 0 Å². The van der Waals surface area contributed by atoms with Crippen LogP contribution in [0.15, 0.2) is 30.3 Å². The van der Waals surface area contributed by atoms with Crippen LogP contribution in [-0.2, 0) is 0 Å². The van der Waals surface area contributed by atoms with Gasteiger partial charge in [-0.25, -0.2) is 0 Å². The summed E-state index contributed by atoms with van der Waals surface area (Å²) in [5, 5.41) is 0. The number of benzene rings is 1. The molecule has 1 radical (unpaired) electrons. The van der Waals surface area contributed by atoms with Crippen LogP contribution in [0.3, 0.4) is 0 Å². The molecular weight excluding hydrogens is 279 g/mol. The maximum absolute atomic E-state index is 3.09. The third-order valence-electron chi connectivity index (χ3n) is 0.839. The molecule has 0 atom stereocenters. The molecule has 2 heteroatoms. The van der Waals surface area contributed by atoms with E-state index in [0.717, 1.165) is 0 Å². The molecule has 0 amide bonds. The Morgan fingerprint density at radius 1 is 1.12 bits per heavy atom. The van der Waals surface area contributed by atoms with E-state index in [4.69, 9.17) is 0 Å². The molecule has 0 saturated carbocycles. The van der Waals surface area contributed by atoms with Crippen molar-refractivity contribution in [2.24, 2.45) is 0 Å². The SMILES string of the molecule is [Se][Te]c1ccccc1. The van der Waals surface area contributed by atoms with Crippen molar-refractivity contribution < 1.29 is 0 Å². The Morgan fingerprint density at radius 3 is 2.12 bits per heavy atom. The summed E-state index contributed by atoms with van der Waals surface area (Å²) in [4.78, 5) is 0. The predicted molar refractivity (Wildman–Crippen MR) is 37.6 cm³/mol. The molecule has 0 spiro atoms. The van der Waals surface area contributed by atoms with Crippen LogP contribution in [-0.4, -0.2) is 31.5 Å². The second kappa shape index (κ2) is 3.53. The molecule has 0 unspecified atom stereocenters. The summed E-state index contributed by atoms with van der Waals surface area (Å²) in [7, 11) is 0. The fraction of sp³-hybridized carbons (Fsp3) is 0. The molecule has 0 bridgehead atoms. The van der Waals surface area contributed by atoms with Gasteiger partial charge in [-0.1, -0.05) is 0 Å². The minimum atomic E-state index is 0.0334. The molecule has 0 aliphatic carbocycles. The third-order valence-corrected chi connectivity index (χ3v) is 4.87. The van der Waals surface area contributed by atoms with Gasteiger partial charge in [0.15, 0.2) is 0 Å². The molecule has 41 valence electrons. The Morgan fingerprint density at radius 2 is 1.75 bits per heavy atom.